The summed E-state index contributed by atoms with van der Waals surface area (Å²) >= 11 is 0. The van der Waals surface area contributed by atoms with Gasteiger partial charge in [-0.05, 0) is 0 Å². The normalized spacial score (nSPS) is 21.5. The molecule has 0 bridgehead atoms. The molecule has 1 aliphatic carbocycles. The molecular formula is C13HF23O2. The molecule has 1 aliphatic rings. The van der Waals surface area contributed by atoms with Crippen LogP contribution in [0.25, 0.3) is 0 Å². The van der Waals surface area contributed by atoms with Crippen LogP contribution >= 0.6 is 0 Å². The lowest BCUT2D eigenvalue weighted by atomic mass is 9.96. The quantitative estimate of drug-likeness (QED) is 0.235. The minimum Gasteiger partial charge on any atom is -0.307 e. The SMILES string of the molecule is FC1=CC(F)(F)C(F)(F)C1(OC(C(F)(F)F)(C(F)(F)F)C(F)(F)F)OC(C(F)(F)F)(C(F)(F)F)C(F)(F)F. The Bertz CT molecular complexity index is 794. The van der Waals surface area contributed by atoms with E-state index in [2.05, 4.69) is 0 Å². The summed E-state index contributed by atoms with van der Waals surface area (Å²) in [7, 11) is 0. The highest BCUT2D eigenvalue weighted by Gasteiger charge is 2.95. The summed E-state index contributed by atoms with van der Waals surface area (Å²) in [6.45, 7) is 0. The van der Waals surface area contributed by atoms with Gasteiger partial charge in [0.2, 0.25) is 0 Å². The molecule has 0 fully saturated rings. The van der Waals surface area contributed by atoms with E-state index >= 15 is 0 Å². The molecule has 0 saturated heterocycles. The zero-order chi connectivity index (χ0) is 31.2. The lowest BCUT2D eigenvalue weighted by Crippen LogP contribution is -2.77. The Morgan fingerprint density at radius 2 is 0.658 bits per heavy atom. The van der Waals surface area contributed by atoms with Gasteiger partial charge in [0.05, 0.1) is 0 Å². The van der Waals surface area contributed by atoms with Crippen molar-refractivity contribution in [3.8, 4) is 0 Å². The highest BCUT2D eigenvalue weighted by Crippen LogP contribution is 2.67. The molecule has 0 radical (unpaired) electrons. The van der Waals surface area contributed by atoms with E-state index in [1.165, 1.54) is 0 Å². The summed E-state index contributed by atoms with van der Waals surface area (Å²) in [6.07, 6.45) is -53.6. The zero-order valence-corrected chi connectivity index (χ0v) is 16.1. The van der Waals surface area contributed by atoms with Crippen LogP contribution in [0.4, 0.5) is 101 Å². The van der Waals surface area contributed by atoms with E-state index in [4.69, 9.17) is 0 Å². The Morgan fingerprint density at radius 3 is 0.789 bits per heavy atom. The van der Waals surface area contributed by atoms with Crippen LogP contribution in [0, 0.1) is 0 Å². The van der Waals surface area contributed by atoms with Crippen molar-refractivity contribution in [3.63, 3.8) is 0 Å². The first kappa shape index (κ1) is 34.1. The lowest BCUT2D eigenvalue weighted by molar-refractivity contribution is -0.552. The maximum absolute atomic E-state index is 14.2. The molecule has 25 heteroatoms. The van der Waals surface area contributed by atoms with Crippen molar-refractivity contribution >= 4 is 0 Å². The van der Waals surface area contributed by atoms with Gasteiger partial charge in [-0.3, -0.25) is 0 Å². The topological polar surface area (TPSA) is 18.5 Å². The molecule has 0 N–H and O–H groups in total. The Hall–Kier alpha value is -1.95. The van der Waals surface area contributed by atoms with Crippen LogP contribution in [0.15, 0.2) is 11.9 Å². The third-order valence-corrected chi connectivity index (χ3v) is 4.44. The van der Waals surface area contributed by atoms with Crippen LogP contribution in [0.5, 0.6) is 0 Å². The number of alkyl halides is 22. The van der Waals surface area contributed by atoms with Gasteiger partial charge in [0.25, 0.3) is 5.79 Å². The van der Waals surface area contributed by atoms with E-state index < -0.39 is 77.8 Å². The van der Waals surface area contributed by atoms with Crippen LogP contribution in [-0.4, -0.2) is 65.9 Å². The molecule has 226 valence electrons. The molecule has 38 heavy (non-hydrogen) atoms. The molecular weight excluding hydrogens is 625 g/mol. The van der Waals surface area contributed by atoms with Crippen LogP contribution in [0.2, 0.25) is 0 Å². The van der Waals surface area contributed by atoms with E-state index in [9.17, 15) is 101 Å². The third-order valence-electron chi connectivity index (χ3n) is 4.44. The molecule has 0 unspecified atom stereocenters. The lowest BCUT2D eigenvalue weighted by Gasteiger charge is -2.49. The Morgan fingerprint density at radius 1 is 0.447 bits per heavy atom. The Kier molecular flexibility index (Phi) is 7.43. The maximum Gasteiger partial charge on any atom is 0.435 e. The highest BCUT2D eigenvalue weighted by atomic mass is 19.4. The molecule has 2 nitrogen and oxygen atoms in total. The first-order valence-corrected chi connectivity index (χ1v) is 7.99. The van der Waals surface area contributed by atoms with Gasteiger partial charge >= 0.3 is 60.1 Å². The fourth-order valence-electron chi connectivity index (χ4n) is 2.70. The number of hydrogen-bond acceptors (Lipinski definition) is 2. The smallest absolute Gasteiger partial charge is 0.307 e. The summed E-state index contributed by atoms with van der Waals surface area (Å²) in [6, 6.07) is 0. The number of halogens is 23. The molecule has 0 atom stereocenters. The van der Waals surface area contributed by atoms with Gasteiger partial charge in [-0.2, -0.15) is 96.6 Å². The first-order valence-electron chi connectivity index (χ1n) is 7.99. The van der Waals surface area contributed by atoms with Crippen LogP contribution < -0.4 is 0 Å². The monoisotopic (exact) mass is 626 g/mol. The van der Waals surface area contributed by atoms with E-state index in [-0.39, 0.29) is 0 Å². The standard InChI is InChI=1S/C13HF23O2/c14-2-1-3(15,16)7(17,18)4(2,37-5(8(19,20)21,9(22,23)24)10(25,26)27)38-6(11(28,29)30,12(31,32)33)13(34,35)36/h1H. The highest BCUT2D eigenvalue weighted by molar-refractivity contribution is 5.31. The van der Waals surface area contributed by atoms with Gasteiger partial charge in [0.15, 0.2) is 5.83 Å². The zero-order valence-electron chi connectivity index (χ0n) is 16.1. The second-order valence-corrected chi connectivity index (χ2v) is 6.86. The van der Waals surface area contributed by atoms with Crippen LogP contribution in [-0.2, 0) is 9.47 Å². The third kappa shape index (κ3) is 4.30. The van der Waals surface area contributed by atoms with Gasteiger partial charge in [-0.25, -0.2) is 4.39 Å². The molecule has 0 aromatic heterocycles. The van der Waals surface area contributed by atoms with Gasteiger partial charge < -0.3 is 9.47 Å². The molecule has 1 rings (SSSR count). The van der Waals surface area contributed by atoms with Gasteiger partial charge in [0, 0.05) is 6.08 Å². The van der Waals surface area contributed by atoms with Crippen LogP contribution in [0.1, 0.15) is 0 Å². The van der Waals surface area contributed by atoms with Gasteiger partial charge in [-0.1, -0.05) is 0 Å². The summed E-state index contributed by atoms with van der Waals surface area (Å²) < 4.78 is 307. The molecule has 0 saturated carbocycles. The largest absolute Gasteiger partial charge is 0.435 e. The fraction of sp³-hybridized carbons (Fsp3) is 0.846. The van der Waals surface area contributed by atoms with Crippen molar-refractivity contribution in [2.45, 2.75) is 65.9 Å². The van der Waals surface area contributed by atoms with E-state index in [0.717, 1.165) is 0 Å². The van der Waals surface area contributed by atoms with Crippen molar-refractivity contribution < 1.29 is 110 Å². The fourth-order valence-corrected chi connectivity index (χ4v) is 2.70. The predicted molar refractivity (Wildman–Crippen MR) is 65.8 cm³/mol. The molecule has 0 amide bonds. The van der Waals surface area contributed by atoms with Crippen molar-refractivity contribution in [1.29, 1.82) is 0 Å². The van der Waals surface area contributed by atoms with Crippen LogP contribution in [0.3, 0.4) is 0 Å². The second kappa shape index (κ2) is 8.28. The Balaban J connectivity index is 4.49. The summed E-state index contributed by atoms with van der Waals surface area (Å²) in [4.78, 5) is 0. The number of ether oxygens (including phenoxy) is 2. The first-order chi connectivity index (χ1) is 16.0. The molecule has 0 spiro atoms. The van der Waals surface area contributed by atoms with Crippen molar-refractivity contribution in [2.24, 2.45) is 0 Å². The summed E-state index contributed by atoms with van der Waals surface area (Å²) in [5.74, 6) is -27.9. The molecule has 0 aromatic rings. The summed E-state index contributed by atoms with van der Waals surface area (Å²) in [5, 5.41) is 0. The number of hydrogen-bond donors (Lipinski definition) is 0. The Labute approximate surface area is 189 Å². The van der Waals surface area contributed by atoms with E-state index in [0.29, 0.717) is 0 Å². The second-order valence-electron chi connectivity index (χ2n) is 6.86. The molecule has 0 heterocycles. The predicted octanol–water partition coefficient (Wildman–Crippen LogP) is 7.70. The van der Waals surface area contributed by atoms with E-state index in [1.807, 2.05) is 0 Å². The minimum atomic E-state index is -8.68. The number of allylic oxidation sites excluding steroid dienone is 1. The van der Waals surface area contributed by atoms with Crippen molar-refractivity contribution in [2.75, 3.05) is 0 Å². The average molecular weight is 626 g/mol. The van der Waals surface area contributed by atoms with Gasteiger partial charge in [-0.15, -0.1) is 0 Å². The van der Waals surface area contributed by atoms with Gasteiger partial charge in [0.1, 0.15) is 0 Å². The maximum atomic E-state index is 14.2. The number of rotatable bonds is 4. The van der Waals surface area contributed by atoms with Crippen molar-refractivity contribution in [3.05, 3.63) is 11.9 Å². The summed E-state index contributed by atoms with van der Waals surface area (Å²) in [5.41, 5.74) is -17.4. The molecule has 0 aliphatic heterocycles. The van der Waals surface area contributed by atoms with Crippen molar-refractivity contribution in [1.82, 2.24) is 0 Å². The molecule has 0 aromatic carbocycles. The minimum absolute atomic E-state index is 1.61. The average Bonchev–Trinajstić information content (AvgIpc) is 2.66. The van der Waals surface area contributed by atoms with E-state index in [1.54, 1.807) is 9.47 Å².